The maximum Gasteiger partial charge on any atom is 0.226 e. The molecule has 2 aliphatic carbocycles. The highest BCUT2D eigenvalue weighted by Gasteiger charge is 2.46. The summed E-state index contributed by atoms with van der Waals surface area (Å²) >= 11 is 0. The first-order chi connectivity index (χ1) is 9.83. The van der Waals surface area contributed by atoms with Crippen LogP contribution in [0.15, 0.2) is 30.3 Å². The average Bonchev–Trinajstić information content (AvgIpc) is 3.41. The maximum absolute atomic E-state index is 12.5. The monoisotopic (exact) mass is 270 g/mol. The molecule has 0 aromatic heterocycles. The van der Waals surface area contributed by atoms with Crippen LogP contribution < -0.4 is 0 Å². The summed E-state index contributed by atoms with van der Waals surface area (Å²) in [7, 11) is 0. The number of carbonyl (C=O) groups excluding carboxylic acids is 1. The van der Waals surface area contributed by atoms with Gasteiger partial charge in [0, 0.05) is 38.1 Å². The van der Waals surface area contributed by atoms with E-state index in [1.165, 1.54) is 18.4 Å². The number of benzene rings is 1. The van der Waals surface area contributed by atoms with E-state index in [0.29, 0.717) is 11.8 Å². The summed E-state index contributed by atoms with van der Waals surface area (Å²) in [4.78, 5) is 17.2. The zero-order chi connectivity index (χ0) is 13.5. The number of rotatable bonds is 3. The fraction of sp³-hybridized carbons (Fsp3) is 0.588. The summed E-state index contributed by atoms with van der Waals surface area (Å²) in [5, 5.41) is 0. The molecule has 1 amide bonds. The van der Waals surface area contributed by atoms with Gasteiger partial charge in [-0.25, -0.2) is 0 Å². The van der Waals surface area contributed by atoms with Crippen molar-refractivity contribution < 1.29 is 4.79 Å². The highest BCUT2D eigenvalue weighted by atomic mass is 16.2. The fourth-order valence-electron chi connectivity index (χ4n) is 3.52. The number of carbonyl (C=O) groups is 1. The Hall–Kier alpha value is -1.35. The van der Waals surface area contributed by atoms with Crippen molar-refractivity contribution in [2.24, 2.45) is 5.92 Å². The third-order valence-corrected chi connectivity index (χ3v) is 5.02. The SMILES string of the molecule is O=C(C1CC1c1ccccc1)N1CCN(C2CC2)CC1. The summed E-state index contributed by atoms with van der Waals surface area (Å²) in [6.07, 6.45) is 3.78. The van der Waals surface area contributed by atoms with Gasteiger partial charge in [-0.05, 0) is 30.7 Å². The third-order valence-electron chi connectivity index (χ3n) is 5.02. The molecule has 0 N–H and O–H groups in total. The maximum atomic E-state index is 12.5. The average molecular weight is 270 g/mol. The van der Waals surface area contributed by atoms with Crippen molar-refractivity contribution >= 4 is 5.91 Å². The minimum atomic E-state index is 0.255. The molecule has 20 heavy (non-hydrogen) atoms. The number of hydrogen-bond donors (Lipinski definition) is 0. The second-order valence-corrected chi connectivity index (χ2v) is 6.45. The zero-order valence-electron chi connectivity index (χ0n) is 11.9. The van der Waals surface area contributed by atoms with Crippen LogP contribution >= 0.6 is 0 Å². The second-order valence-electron chi connectivity index (χ2n) is 6.45. The van der Waals surface area contributed by atoms with Crippen LogP contribution in [0.25, 0.3) is 0 Å². The van der Waals surface area contributed by atoms with Crippen molar-refractivity contribution in [3.8, 4) is 0 Å². The molecule has 2 unspecified atom stereocenters. The van der Waals surface area contributed by atoms with E-state index in [-0.39, 0.29) is 5.92 Å². The van der Waals surface area contributed by atoms with E-state index in [4.69, 9.17) is 0 Å². The number of amides is 1. The van der Waals surface area contributed by atoms with Crippen LogP contribution in [0.3, 0.4) is 0 Å². The Kier molecular flexibility index (Phi) is 3.03. The van der Waals surface area contributed by atoms with Crippen LogP contribution in [0.2, 0.25) is 0 Å². The largest absolute Gasteiger partial charge is 0.340 e. The van der Waals surface area contributed by atoms with Gasteiger partial charge in [0.15, 0.2) is 0 Å². The molecule has 3 heteroatoms. The summed E-state index contributed by atoms with van der Waals surface area (Å²) in [6.45, 7) is 4.04. The molecule has 106 valence electrons. The van der Waals surface area contributed by atoms with Crippen LogP contribution in [0.1, 0.15) is 30.7 Å². The van der Waals surface area contributed by atoms with Gasteiger partial charge in [-0.3, -0.25) is 9.69 Å². The summed E-state index contributed by atoms with van der Waals surface area (Å²) in [6, 6.07) is 11.3. The van der Waals surface area contributed by atoms with Crippen molar-refractivity contribution in [1.82, 2.24) is 9.80 Å². The highest BCUT2D eigenvalue weighted by molar-refractivity contribution is 5.83. The minimum absolute atomic E-state index is 0.255. The zero-order valence-corrected chi connectivity index (χ0v) is 11.9. The van der Waals surface area contributed by atoms with Crippen LogP contribution in [-0.2, 0) is 4.79 Å². The van der Waals surface area contributed by atoms with E-state index in [2.05, 4.69) is 34.1 Å². The number of hydrogen-bond acceptors (Lipinski definition) is 2. The molecule has 0 spiro atoms. The molecule has 1 aromatic carbocycles. The predicted molar refractivity (Wildman–Crippen MR) is 78.5 cm³/mol. The predicted octanol–water partition coefficient (Wildman–Crippen LogP) is 2.10. The molecule has 1 heterocycles. The van der Waals surface area contributed by atoms with Crippen molar-refractivity contribution in [2.75, 3.05) is 26.2 Å². The summed E-state index contributed by atoms with van der Waals surface area (Å²) < 4.78 is 0. The molecular weight excluding hydrogens is 248 g/mol. The van der Waals surface area contributed by atoms with Gasteiger partial charge in [0.25, 0.3) is 0 Å². The van der Waals surface area contributed by atoms with E-state index in [1.807, 2.05) is 6.07 Å². The lowest BCUT2D eigenvalue weighted by atomic mass is 10.1. The van der Waals surface area contributed by atoms with Crippen LogP contribution in [0.5, 0.6) is 0 Å². The first-order valence-corrected chi connectivity index (χ1v) is 7.91. The second kappa shape index (κ2) is 4.88. The normalized spacial score (nSPS) is 30.3. The molecule has 1 saturated heterocycles. The van der Waals surface area contributed by atoms with E-state index in [9.17, 15) is 4.79 Å². The Morgan fingerprint density at radius 3 is 2.35 bits per heavy atom. The van der Waals surface area contributed by atoms with Crippen molar-refractivity contribution in [2.45, 2.75) is 31.2 Å². The van der Waals surface area contributed by atoms with Gasteiger partial charge < -0.3 is 4.90 Å². The summed E-state index contributed by atoms with van der Waals surface area (Å²) in [5.41, 5.74) is 1.34. The standard InChI is InChI=1S/C17H22N2O/c20-17(16-12-15(16)13-4-2-1-3-5-13)19-10-8-18(9-11-19)14-6-7-14/h1-5,14-16H,6-12H2. The molecule has 3 aliphatic rings. The number of nitrogens with zero attached hydrogens (tertiary/aromatic N) is 2. The first kappa shape index (κ1) is 12.4. The van der Waals surface area contributed by atoms with Gasteiger partial charge in [0.1, 0.15) is 0 Å². The van der Waals surface area contributed by atoms with Gasteiger partial charge in [0.05, 0.1) is 0 Å². The molecule has 1 aliphatic heterocycles. The molecular formula is C17H22N2O. The quantitative estimate of drug-likeness (QED) is 0.840. The Morgan fingerprint density at radius 1 is 1.00 bits per heavy atom. The molecule has 2 atom stereocenters. The van der Waals surface area contributed by atoms with E-state index in [0.717, 1.165) is 38.6 Å². The lowest BCUT2D eigenvalue weighted by Crippen LogP contribution is -2.49. The third kappa shape index (κ3) is 2.35. The Balaban J connectivity index is 1.33. The van der Waals surface area contributed by atoms with E-state index in [1.54, 1.807) is 0 Å². The van der Waals surface area contributed by atoms with Crippen molar-refractivity contribution in [1.29, 1.82) is 0 Å². The van der Waals surface area contributed by atoms with Gasteiger partial charge >= 0.3 is 0 Å². The van der Waals surface area contributed by atoms with Crippen molar-refractivity contribution in [3.05, 3.63) is 35.9 Å². The topological polar surface area (TPSA) is 23.6 Å². The van der Waals surface area contributed by atoms with Gasteiger partial charge in [0.2, 0.25) is 5.91 Å². The van der Waals surface area contributed by atoms with Crippen molar-refractivity contribution in [3.63, 3.8) is 0 Å². The van der Waals surface area contributed by atoms with Gasteiger partial charge in [-0.15, -0.1) is 0 Å². The molecule has 3 fully saturated rings. The van der Waals surface area contributed by atoms with E-state index < -0.39 is 0 Å². The van der Waals surface area contributed by atoms with Gasteiger partial charge in [-0.2, -0.15) is 0 Å². The van der Waals surface area contributed by atoms with Crippen LogP contribution in [-0.4, -0.2) is 47.9 Å². The Morgan fingerprint density at radius 2 is 1.70 bits per heavy atom. The fourth-order valence-corrected chi connectivity index (χ4v) is 3.52. The summed E-state index contributed by atoms with van der Waals surface area (Å²) in [5.74, 6) is 1.13. The number of piperazine rings is 1. The molecule has 2 saturated carbocycles. The highest BCUT2D eigenvalue weighted by Crippen LogP contribution is 2.48. The molecule has 3 nitrogen and oxygen atoms in total. The molecule has 1 aromatic rings. The smallest absolute Gasteiger partial charge is 0.226 e. The molecule has 0 bridgehead atoms. The first-order valence-electron chi connectivity index (χ1n) is 7.91. The van der Waals surface area contributed by atoms with Crippen LogP contribution in [0, 0.1) is 5.92 Å². The molecule has 4 rings (SSSR count). The van der Waals surface area contributed by atoms with Gasteiger partial charge in [-0.1, -0.05) is 30.3 Å². The molecule has 0 radical (unpaired) electrons. The minimum Gasteiger partial charge on any atom is -0.340 e. The lowest BCUT2D eigenvalue weighted by Gasteiger charge is -2.35. The van der Waals surface area contributed by atoms with E-state index >= 15 is 0 Å². The lowest BCUT2D eigenvalue weighted by molar-refractivity contribution is -0.134. The Labute approximate surface area is 120 Å². The van der Waals surface area contributed by atoms with Crippen LogP contribution in [0.4, 0.5) is 0 Å². The Bertz CT molecular complexity index is 489.